The molecule has 0 bridgehead atoms. The molecule has 4 rings (SSSR count). The highest BCUT2D eigenvalue weighted by molar-refractivity contribution is 5.94. The summed E-state index contributed by atoms with van der Waals surface area (Å²) in [5.74, 6) is 1.22. The molecule has 0 aliphatic carbocycles. The molecule has 3 aromatic rings. The molecule has 7 nitrogen and oxygen atoms in total. The molecule has 1 atom stereocenters. The van der Waals surface area contributed by atoms with E-state index >= 15 is 0 Å². The molecule has 0 spiro atoms. The maximum atomic E-state index is 12.8. The maximum Gasteiger partial charge on any atom is 0.253 e. The molecule has 142 valence electrons. The van der Waals surface area contributed by atoms with E-state index in [4.69, 9.17) is 4.74 Å². The summed E-state index contributed by atoms with van der Waals surface area (Å²) in [5, 5.41) is 0. The Hall–Kier alpha value is -3.35. The van der Waals surface area contributed by atoms with Gasteiger partial charge in [-0.05, 0) is 44.0 Å². The van der Waals surface area contributed by atoms with Gasteiger partial charge in [0.15, 0.2) is 5.75 Å². The lowest BCUT2D eigenvalue weighted by Crippen LogP contribution is -2.39. The van der Waals surface area contributed by atoms with Crippen molar-refractivity contribution in [2.24, 2.45) is 0 Å². The van der Waals surface area contributed by atoms with Gasteiger partial charge in [0, 0.05) is 55.6 Å². The predicted molar refractivity (Wildman–Crippen MR) is 103 cm³/mol. The molecule has 0 radical (unpaired) electrons. The molecule has 0 unspecified atom stereocenters. The van der Waals surface area contributed by atoms with Crippen molar-refractivity contribution >= 4 is 5.91 Å². The number of pyridine rings is 2. The van der Waals surface area contributed by atoms with Crippen LogP contribution in [0.5, 0.6) is 11.6 Å². The maximum absolute atomic E-state index is 12.8. The van der Waals surface area contributed by atoms with Crippen LogP contribution in [0.2, 0.25) is 0 Å². The first-order chi connectivity index (χ1) is 13.7. The number of aromatic nitrogens is 4. The quantitative estimate of drug-likeness (QED) is 0.695. The lowest BCUT2D eigenvalue weighted by atomic mass is 9.94. The first-order valence-corrected chi connectivity index (χ1v) is 9.32. The van der Waals surface area contributed by atoms with Gasteiger partial charge < -0.3 is 9.64 Å². The van der Waals surface area contributed by atoms with Gasteiger partial charge in [-0.25, -0.2) is 4.98 Å². The number of ether oxygens (including phenoxy) is 1. The molecule has 1 aliphatic heterocycles. The van der Waals surface area contributed by atoms with Crippen molar-refractivity contribution in [1.29, 1.82) is 0 Å². The molecule has 0 N–H and O–H groups in total. The van der Waals surface area contributed by atoms with E-state index in [1.165, 1.54) is 0 Å². The Morgan fingerprint density at radius 1 is 1.07 bits per heavy atom. The van der Waals surface area contributed by atoms with Crippen molar-refractivity contribution in [3.05, 3.63) is 72.2 Å². The van der Waals surface area contributed by atoms with Crippen LogP contribution in [0.3, 0.4) is 0 Å². The van der Waals surface area contributed by atoms with Crippen LogP contribution < -0.4 is 4.74 Å². The van der Waals surface area contributed by atoms with Crippen molar-refractivity contribution in [2.45, 2.75) is 25.7 Å². The van der Waals surface area contributed by atoms with Crippen LogP contribution in [-0.4, -0.2) is 43.8 Å². The molecule has 1 aliphatic rings. The third-order valence-corrected chi connectivity index (χ3v) is 4.88. The lowest BCUT2D eigenvalue weighted by Gasteiger charge is -2.32. The van der Waals surface area contributed by atoms with Crippen LogP contribution in [0.25, 0.3) is 0 Å². The number of hydrogen-bond acceptors (Lipinski definition) is 6. The molecular formula is C21H21N5O2. The zero-order chi connectivity index (χ0) is 19.3. The van der Waals surface area contributed by atoms with Crippen LogP contribution >= 0.6 is 0 Å². The fourth-order valence-corrected chi connectivity index (χ4v) is 3.44. The van der Waals surface area contributed by atoms with E-state index in [1.54, 1.807) is 43.1 Å². The Kier molecular flexibility index (Phi) is 5.23. The van der Waals surface area contributed by atoms with E-state index in [2.05, 4.69) is 19.9 Å². The van der Waals surface area contributed by atoms with Crippen LogP contribution in [0, 0.1) is 6.92 Å². The fourth-order valence-electron chi connectivity index (χ4n) is 3.44. The van der Waals surface area contributed by atoms with Gasteiger partial charge in [-0.1, -0.05) is 0 Å². The number of hydrogen-bond donors (Lipinski definition) is 0. The summed E-state index contributed by atoms with van der Waals surface area (Å²) in [5.41, 5.74) is 2.22. The normalized spacial score (nSPS) is 16.6. The van der Waals surface area contributed by atoms with Crippen LogP contribution in [-0.2, 0) is 0 Å². The van der Waals surface area contributed by atoms with Gasteiger partial charge in [-0.15, -0.1) is 0 Å². The highest BCUT2D eigenvalue weighted by Crippen LogP contribution is 2.33. The molecule has 3 aromatic heterocycles. The van der Waals surface area contributed by atoms with Gasteiger partial charge in [-0.3, -0.25) is 19.7 Å². The Balaban J connectivity index is 1.56. The van der Waals surface area contributed by atoms with Crippen molar-refractivity contribution in [2.75, 3.05) is 13.1 Å². The summed E-state index contributed by atoms with van der Waals surface area (Å²) in [4.78, 5) is 31.9. The summed E-state index contributed by atoms with van der Waals surface area (Å²) >= 11 is 0. The van der Waals surface area contributed by atoms with E-state index in [0.717, 1.165) is 30.8 Å². The summed E-state index contributed by atoms with van der Waals surface area (Å²) in [6.45, 7) is 3.21. The van der Waals surface area contributed by atoms with Gasteiger partial charge in [-0.2, -0.15) is 0 Å². The second kappa shape index (κ2) is 8.12. The smallest absolute Gasteiger partial charge is 0.253 e. The highest BCUT2D eigenvalue weighted by Gasteiger charge is 2.29. The van der Waals surface area contributed by atoms with E-state index in [-0.39, 0.29) is 11.8 Å². The molecule has 28 heavy (non-hydrogen) atoms. The zero-order valence-electron chi connectivity index (χ0n) is 15.7. The minimum Gasteiger partial charge on any atom is -0.435 e. The van der Waals surface area contributed by atoms with Gasteiger partial charge in [0.1, 0.15) is 5.69 Å². The highest BCUT2D eigenvalue weighted by atomic mass is 16.5. The molecule has 4 heterocycles. The number of amides is 1. The average Bonchev–Trinajstić information content (AvgIpc) is 2.76. The van der Waals surface area contributed by atoms with Gasteiger partial charge in [0.25, 0.3) is 5.91 Å². The molecular weight excluding hydrogens is 354 g/mol. The van der Waals surface area contributed by atoms with Crippen molar-refractivity contribution in [3.8, 4) is 11.6 Å². The van der Waals surface area contributed by atoms with Crippen molar-refractivity contribution in [3.63, 3.8) is 0 Å². The van der Waals surface area contributed by atoms with E-state index in [1.807, 2.05) is 24.0 Å². The third-order valence-electron chi connectivity index (χ3n) is 4.88. The lowest BCUT2D eigenvalue weighted by molar-refractivity contribution is 0.0704. The van der Waals surface area contributed by atoms with Gasteiger partial charge in [0.05, 0.1) is 5.69 Å². The number of aryl methyl sites for hydroxylation is 1. The van der Waals surface area contributed by atoms with Crippen molar-refractivity contribution in [1.82, 2.24) is 24.8 Å². The molecule has 1 fully saturated rings. The number of carbonyl (C=O) groups excluding carboxylic acids is 1. The van der Waals surface area contributed by atoms with Crippen LogP contribution in [0.4, 0.5) is 0 Å². The molecule has 0 saturated carbocycles. The fraction of sp³-hybridized carbons (Fsp3) is 0.286. The van der Waals surface area contributed by atoms with E-state index in [0.29, 0.717) is 23.7 Å². The Labute approximate surface area is 163 Å². The van der Waals surface area contributed by atoms with Crippen molar-refractivity contribution < 1.29 is 9.53 Å². The zero-order valence-corrected chi connectivity index (χ0v) is 15.7. The summed E-state index contributed by atoms with van der Waals surface area (Å²) in [7, 11) is 0. The number of nitrogens with zero attached hydrogens (tertiary/aromatic N) is 5. The molecule has 7 heteroatoms. The van der Waals surface area contributed by atoms with E-state index < -0.39 is 0 Å². The SMILES string of the molecule is Cc1ncccc1Oc1nccnc1[C@H]1CCCN(C(=O)c2ccncc2)C1. The minimum atomic E-state index is 0.0153. The van der Waals surface area contributed by atoms with Crippen LogP contribution in [0.1, 0.15) is 40.5 Å². The molecule has 1 saturated heterocycles. The topological polar surface area (TPSA) is 81.1 Å². The van der Waals surface area contributed by atoms with Crippen LogP contribution in [0.15, 0.2) is 55.2 Å². The average molecular weight is 375 g/mol. The summed E-state index contributed by atoms with van der Waals surface area (Å²) < 4.78 is 6.03. The minimum absolute atomic E-state index is 0.0153. The Morgan fingerprint density at radius 3 is 2.71 bits per heavy atom. The number of likely N-dealkylation sites (tertiary alicyclic amines) is 1. The monoisotopic (exact) mass is 375 g/mol. The first kappa shape index (κ1) is 18.0. The Morgan fingerprint density at radius 2 is 1.89 bits per heavy atom. The summed E-state index contributed by atoms with van der Waals surface area (Å²) in [6, 6.07) is 7.18. The first-order valence-electron chi connectivity index (χ1n) is 9.32. The molecule has 1 amide bonds. The van der Waals surface area contributed by atoms with Gasteiger partial charge >= 0.3 is 0 Å². The third kappa shape index (κ3) is 3.83. The Bertz CT molecular complexity index is 964. The second-order valence-electron chi connectivity index (χ2n) is 6.76. The second-order valence-corrected chi connectivity index (χ2v) is 6.76. The number of piperidine rings is 1. The standard InChI is InChI=1S/C21H21N5O2/c1-15-18(5-2-8-23-15)28-20-19(24-11-12-25-20)17-4-3-13-26(14-17)21(27)16-6-9-22-10-7-16/h2,5-12,17H,3-4,13-14H2,1H3/t17-/m0/s1. The largest absolute Gasteiger partial charge is 0.435 e. The predicted octanol–water partition coefficient (Wildman–Crippen LogP) is 3.39. The number of rotatable bonds is 4. The van der Waals surface area contributed by atoms with Gasteiger partial charge in [0.2, 0.25) is 5.88 Å². The summed E-state index contributed by atoms with van der Waals surface area (Å²) in [6.07, 6.45) is 10.1. The number of carbonyl (C=O) groups is 1. The molecule has 0 aromatic carbocycles. The van der Waals surface area contributed by atoms with E-state index in [9.17, 15) is 4.79 Å².